The number of phosphoric ester groups is 2. The number of fused-ring (bicyclic) bond motifs is 3. The number of hydrogen-bond donors (Lipinski definition) is 10. The van der Waals surface area contributed by atoms with Gasteiger partial charge in [-0.1, -0.05) is 0 Å². The molecular formula is C27H34N9O16P2+. The summed E-state index contributed by atoms with van der Waals surface area (Å²) in [4.78, 5) is 74.1. The number of H-pyrrole nitrogens is 2. The highest BCUT2D eigenvalue weighted by Crippen LogP contribution is 2.60. The first-order chi connectivity index (χ1) is 25.3. The highest BCUT2D eigenvalue weighted by atomic mass is 31.3. The number of nitrogen functional groups attached to an aromatic ring is 1. The highest BCUT2D eigenvalue weighted by Gasteiger charge is 2.46. The number of phosphoric acid groups is 2. The van der Waals surface area contributed by atoms with Crippen molar-refractivity contribution >= 4 is 54.8 Å². The fourth-order valence-electron chi connectivity index (χ4n) is 5.77. The van der Waals surface area contributed by atoms with Gasteiger partial charge in [0, 0.05) is 11.0 Å². The normalized spacial score (nSPS) is 23.1. The van der Waals surface area contributed by atoms with Gasteiger partial charge in [0.25, 0.3) is 5.52 Å². The smallest absolute Gasteiger partial charge is 0.388 e. The van der Waals surface area contributed by atoms with E-state index in [2.05, 4.69) is 28.8 Å². The van der Waals surface area contributed by atoms with Crippen LogP contribution in [0.5, 0.6) is 0 Å². The fourth-order valence-corrected chi connectivity index (χ4v) is 7.86. The minimum atomic E-state index is -5.57. The summed E-state index contributed by atoms with van der Waals surface area (Å²) in [7, 11) is -11.1. The lowest BCUT2D eigenvalue weighted by Crippen LogP contribution is -2.43. The maximum Gasteiger partial charge on any atom is 0.481 e. The van der Waals surface area contributed by atoms with E-state index >= 15 is 0 Å². The molecule has 54 heavy (non-hydrogen) atoms. The number of hydrogen-bond acceptors (Lipinski definition) is 18. The third kappa shape index (κ3) is 7.63. The van der Waals surface area contributed by atoms with E-state index in [1.165, 1.54) is 23.0 Å². The monoisotopic (exact) mass is 802 g/mol. The molecule has 27 heteroatoms. The van der Waals surface area contributed by atoms with Crippen molar-refractivity contribution in [1.82, 2.24) is 34.1 Å². The van der Waals surface area contributed by atoms with Crippen LogP contribution in [0.4, 0.5) is 5.82 Å². The predicted molar refractivity (Wildman–Crippen MR) is 180 cm³/mol. The minimum Gasteiger partial charge on any atom is -0.388 e. The van der Waals surface area contributed by atoms with E-state index < -0.39 is 95.0 Å². The Hall–Kier alpha value is -4.33. The third-order valence-electron chi connectivity index (χ3n) is 8.65. The maximum atomic E-state index is 13.1. The Labute approximate surface area is 299 Å². The molecule has 1 aliphatic rings. The first kappa shape index (κ1) is 39.4. The average Bonchev–Trinajstić information content (AvgIpc) is 3.65. The Morgan fingerprint density at radius 1 is 1.00 bits per heavy atom. The number of nitrogens with zero attached hydrogens (tertiary/aromatic N) is 6. The second-order valence-electron chi connectivity index (χ2n) is 12.3. The summed E-state index contributed by atoms with van der Waals surface area (Å²) >= 11 is 0. The van der Waals surface area contributed by atoms with Crippen LogP contribution in [-0.4, -0.2) is 119 Å². The van der Waals surface area contributed by atoms with Crippen LogP contribution in [-0.2, 0) is 33.8 Å². The number of aromatic nitrogens is 8. The second kappa shape index (κ2) is 14.7. The van der Waals surface area contributed by atoms with Gasteiger partial charge in [-0.15, -0.1) is 0 Å². The molecule has 6 rings (SSSR count). The van der Waals surface area contributed by atoms with Gasteiger partial charge in [0.05, 0.1) is 30.5 Å². The molecule has 4 aromatic heterocycles. The molecule has 0 saturated carbocycles. The molecule has 1 fully saturated rings. The van der Waals surface area contributed by atoms with Crippen LogP contribution >= 0.6 is 15.6 Å². The van der Waals surface area contributed by atoms with Gasteiger partial charge in [0.2, 0.25) is 0 Å². The van der Waals surface area contributed by atoms with Crippen molar-refractivity contribution in [2.24, 2.45) is 0 Å². The number of anilines is 1. The van der Waals surface area contributed by atoms with Crippen molar-refractivity contribution in [2.75, 3.05) is 18.9 Å². The van der Waals surface area contributed by atoms with Crippen LogP contribution in [0.3, 0.4) is 0 Å². The fraction of sp³-hybridized carbons (Fsp3) is 0.444. The first-order valence-electron chi connectivity index (χ1n) is 15.7. The summed E-state index contributed by atoms with van der Waals surface area (Å²) < 4.78 is 46.8. The second-order valence-corrected chi connectivity index (χ2v) is 15.3. The van der Waals surface area contributed by atoms with Gasteiger partial charge in [-0.25, -0.2) is 28.9 Å². The van der Waals surface area contributed by atoms with Crippen LogP contribution < -0.4 is 21.4 Å². The van der Waals surface area contributed by atoms with Crippen molar-refractivity contribution in [2.45, 2.75) is 63.2 Å². The van der Waals surface area contributed by atoms with E-state index in [9.17, 15) is 58.9 Å². The number of aromatic amines is 2. The van der Waals surface area contributed by atoms with Crippen LogP contribution in [0.15, 0.2) is 34.4 Å². The van der Waals surface area contributed by atoms with Crippen LogP contribution in [0.25, 0.3) is 33.4 Å². The third-order valence-corrected chi connectivity index (χ3v) is 11.2. The number of benzene rings is 1. The molecule has 0 bridgehead atoms. The molecule has 0 radical (unpaired) electrons. The summed E-state index contributed by atoms with van der Waals surface area (Å²) in [6, 6.07) is 2.99. The zero-order chi connectivity index (χ0) is 39.4. The maximum absolute atomic E-state index is 13.1. The average molecular weight is 803 g/mol. The van der Waals surface area contributed by atoms with Gasteiger partial charge in [-0.05, 0) is 31.0 Å². The van der Waals surface area contributed by atoms with E-state index in [1.54, 1.807) is 13.8 Å². The topological polar surface area (TPSA) is 376 Å². The zero-order valence-electron chi connectivity index (χ0n) is 27.9. The van der Waals surface area contributed by atoms with Crippen LogP contribution in [0.2, 0.25) is 0 Å². The molecule has 5 aromatic rings. The van der Waals surface area contributed by atoms with E-state index in [0.29, 0.717) is 11.1 Å². The largest absolute Gasteiger partial charge is 0.481 e. The van der Waals surface area contributed by atoms with E-state index in [-0.39, 0.29) is 38.1 Å². The summed E-state index contributed by atoms with van der Waals surface area (Å²) in [5.74, 6) is 0.0224. The molecule has 11 N–H and O–H groups in total. The SMILES string of the molecule is Cc1cc2c(cc1C)[n+](=O)c1c(=O)[nH]c(=O)[nH]c1n2C[C@H](O)[C@H](O)[C@H](O)COP(=O)(O)OP(=O)(O)OC[C@H]1O[C@@H](n2cnc3c(N)ncnc32)[C@H](O)[C@@H]1O. The van der Waals surface area contributed by atoms with E-state index in [1.807, 2.05) is 4.98 Å². The van der Waals surface area contributed by atoms with Crippen LogP contribution in [0.1, 0.15) is 17.4 Å². The van der Waals surface area contributed by atoms with Gasteiger partial charge in [0.1, 0.15) is 54.0 Å². The number of imidazole rings is 1. The summed E-state index contributed by atoms with van der Waals surface area (Å²) in [6.07, 6.45) is -10.2. The van der Waals surface area contributed by atoms with E-state index in [0.717, 1.165) is 10.9 Å². The minimum absolute atomic E-state index is 0.0224. The van der Waals surface area contributed by atoms with Gasteiger partial charge in [0.15, 0.2) is 23.3 Å². The van der Waals surface area contributed by atoms with Gasteiger partial charge in [-0.2, -0.15) is 4.31 Å². The van der Waals surface area contributed by atoms with Crippen molar-refractivity contribution in [3.8, 4) is 0 Å². The lowest BCUT2D eigenvalue weighted by atomic mass is 10.1. The van der Waals surface area contributed by atoms with Crippen molar-refractivity contribution in [3.63, 3.8) is 0 Å². The molecule has 0 spiro atoms. The molecule has 9 atom stereocenters. The number of rotatable bonds is 13. The Morgan fingerprint density at radius 3 is 2.41 bits per heavy atom. The van der Waals surface area contributed by atoms with Crippen LogP contribution in [0, 0.1) is 18.8 Å². The number of ether oxygens (including phenoxy) is 1. The Kier molecular flexibility index (Phi) is 10.7. The molecule has 0 amide bonds. The predicted octanol–water partition coefficient (Wildman–Crippen LogP) is -2.92. The quantitative estimate of drug-likeness (QED) is 0.0324. The summed E-state index contributed by atoms with van der Waals surface area (Å²) in [6.45, 7) is 0.509. The number of aliphatic hydroxyl groups is 5. The summed E-state index contributed by atoms with van der Waals surface area (Å²) in [5.41, 5.74) is 4.54. The number of aryl methyl sites for hydroxylation is 2. The van der Waals surface area contributed by atoms with Gasteiger partial charge < -0.3 is 50.4 Å². The molecule has 1 aliphatic heterocycles. The highest BCUT2D eigenvalue weighted by molar-refractivity contribution is 7.61. The van der Waals surface area contributed by atoms with Gasteiger partial charge >= 0.3 is 32.4 Å². The lowest BCUT2D eigenvalue weighted by Gasteiger charge is -2.25. The van der Waals surface area contributed by atoms with Crippen molar-refractivity contribution < 1.29 is 67.0 Å². The standard InChI is InChI=1S/C27H33N9O16P2/c1-10-3-12-13(4-11(10)2)36(44)18-24(32-27(43)33-25(18)42)34(12)5-14(37)19(39)15(38)6-49-53(45,46)52-54(47,48)50-7-16-20(40)21(41)26(51-16)35-9-31-17-22(28)29-8-30-23(17)35/h3-4,8-9,14-16,19-21,26,37-41H,5-7H2,1-2H3,(H5-,28,29,30,32,33,42,43,44,45,46,47,48)/p+1/t14-,15+,16+,19-,20+,21+,26+/m0/s1. The molecule has 2 unspecified atom stereocenters. The van der Waals surface area contributed by atoms with Gasteiger partial charge in [-0.3, -0.25) is 28.4 Å². The number of nitrogens with two attached hydrogens (primary N) is 1. The molecule has 0 aliphatic carbocycles. The molecular weight excluding hydrogens is 768 g/mol. The molecule has 292 valence electrons. The Bertz CT molecular complexity index is 2520. The molecule has 1 aromatic carbocycles. The number of aliphatic hydroxyl groups excluding tert-OH is 5. The summed E-state index contributed by atoms with van der Waals surface area (Å²) in [5, 5.41) is 53.1. The molecule has 25 nitrogen and oxygen atoms in total. The molecule has 1 saturated heterocycles. The number of nitrogens with one attached hydrogen (secondary N) is 2. The zero-order valence-corrected chi connectivity index (χ0v) is 29.7. The van der Waals surface area contributed by atoms with Crippen molar-refractivity contribution in [1.29, 1.82) is 0 Å². The van der Waals surface area contributed by atoms with Crippen molar-refractivity contribution in [3.05, 3.63) is 61.7 Å². The molecule has 5 heterocycles. The first-order valence-corrected chi connectivity index (χ1v) is 18.6. The lowest BCUT2D eigenvalue weighted by molar-refractivity contribution is -0.434. The van der Waals surface area contributed by atoms with E-state index in [4.69, 9.17) is 15.0 Å². The Morgan fingerprint density at radius 2 is 1.69 bits per heavy atom. The Balaban J connectivity index is 1.09.